The topological polar surface area (TPSA) is 52.0 Å². The molecule has 0 saturated heterocycles. The molecule has 4 N–H and O–H groups in total. The van der Waals surface area contributed by atoms with Gasteiger partial charge in [0.15, 0.2) is 0 Å². The van der Waals surface area contributed by atoms with Gasteiger partial charge >= 0.3 is 0 Å². The Labute approximate surface area is 70.3 Å². The molecule has 2 heteroatoms. The van der Waals surface area contributed by atoms with Gasteiger partial charge in [0.25, 0.3) is 0 Å². The Morgan fingerprint density at radius 3 is 2.00 bits per heavy atom. The van der Waals surface area contributed by atoms with Crippen molar-refractivity contribution in [2.24, 2.45) is 11.5 Å². The minimum absolute atomic E-state index is 0.399. The summed E-state index contributed by atoms with van der Waals surface area (Å²) in [5.74, 6) is 0. The minimum Gasteiger partial charge on any atom is -0.313 e. The zero-order valence-electron chi connectivity index (χ0n) is 7.90. The first-order valence-electron chi connectivity index (χ1n) is 4.70. The van der Waals surface area contributed by atoms with E-state index in [9.17, 15) is 0 Å². The molecule has 0 aliphatic rings. The normalized spacial score (nSPS) is 12.0. The van der Waals surface area contributed by atoms with Gasteiger partial charge in [0.05, 0.1) is 5.66 Å². The van der Waals surface area contributed by atoms with Crippen LogP contribution in [0.4, 0.5) is 0 Å². The molecule has 0 radical (unpaired) electrons. The molecule has 11 heavy (non-hydrogen) atoms. The summed E-state index contributed by atoms with van der Waals surface area (Å²) in [6.45, 7) is 4.31. The quantitative estimate of drug-likeness (QED) is 0.459. The third-order valence-corrected chi connectivity index (χ3v) is 1.96. The molecule has 0 fully saturated rings. The molecule has 0 unspecified atom stereocenters. The van der Waals surface area contributed by atoms with Crippen molar-refractivity contribution in [3.05, 3.63) is 0 Å². The second-order valence-corrected chi connectivity index (χ2v) is 3.44. The Kier molecular flexibility index (Phi) is 5.51. The highest BCUT2D eigenvalue weighted by Gasteiger charge is 2.15. The van der Waals surface area contributed by atoms with Gasteiger partial charge in [-0.25, -0.2) is 0 Å². The van der Waals surface area contributed by atoms with E-state index in [1.807, 2.05) is 0 Å². The first-order valence-corrected chi connectivity index (χ1v) is 4.70. The van der Waals surface area contributed by atoms with Crippen LogP contribution < -0.4 is 11.5 Å². The van der Waals surface area contributed by atoms with Crippen molar-refractivity contribution < 1.29 is 0 Å². The van der Waals surface area contributed by atoms with Crippen molar-refractivity contribution in [3.8, 4) is 0 Å². The van der Waals surface area contributed by atoms with E-state index in [0.717, 1.165) is 19.3 Å². The minimum atomic E-state index is -0.399. The van der Waals surface area contributed by atoms with E-state index in [0.29, 0.717) is 0 Å². The average molecular weight is 158 g/mol. The van der Waals surface area contributed by atoms with E-state index in [-0.39, 0.29) is 0 Å². The molecule has 0 bridgehead atoms. The Morgan fingerprint density at radius 2 is 1.55 bits per heavy atom. The number of nitrogens with two attached hydrogens (primary N) is 2. The first kappa shape index (κ1) is 10.9. The highest BCUT2D eigenvalue weighted by Crippen LogP contribution is 2.12. The molecule has 0 aromatic rings. The van der Waals surface area contributed by atoms with Gasteiger partial charge in [-0.2, -0.15) is 0 Å². The van der Waals surface area contributed by atoms with Gasteiger partial charge in [-0.3, -0.25) is 0 Å². The summed E-state index contributed by atoms with van der Waals surface area (Å²) in [5.41, 5.74) is 11.3. The van der Waals surface area contributed by atoms with E-state index < -0.39 is 5.66 Å². The van der Waals surface area contributed by atoms with Crippen molar-refractivity contribution in [2.45, 2.75) is 58.0 Å². The van der Waals surface area contributed by atoms with E-state index in [4.69, 9.17) is 11.5 Å². The second-order valence-electron chi connectivity index (χ2n) is 3.44. The fourth-order valence-electron chi connectivity index (χ4n) is 1.29. The van der Waals surface area contributed by atoms with E-state index in [1.165, 1.54) is 19.3 Å². The summed E-state index contributed by atoms with van der Waals surface area (Å²) < 4.78 is 0. The van der Waals surface area contributed by atoms with Gasteiger partial charge in [-0.05, 0) is 12.8 Å². The maximum absolute atomic E-state index is 5.85. The lowest BCUT2D eigenvalue weighted by Crippen LogP contribution is -2.48. The molecule has 0 atom stereocenters. The molecule has 0 saturated carbocycles. The molecule has 0 aromatic carbocycles. The van der Waals surface area contributed by atoms with Crippen LogP contribution in [-0.2, 0) is 0 Å². The first-order chi connectivity index (χ1) is 5.12. The summed E-state index contributed by atoms with van der Waals surface area (Å²) in [6, 6.07) is 0. The monoisotopic (exact) mass is 158 g/mol. The summed E-state index contributed by atoms with van der Waals surface area (Å²) in [5, 5.41) is 0. The van der Waals surface area contributed by atoms with Crippen molar-refractivity contribution in [1.29, 1.82) is 0 Å². The Hall–Kier alpha value is -0.0800. The molecule has 68 valence electrons. The lowest BCUT2D eigenvalue weighted by Gasteiger charge is -2.23. The summed E-state index contributed by atoms with van der Waals surface area (Å²) in [7, 11) is 0. The third kappa shape index (κ3) is 6.32. The maximum atomic E-state index is 5.85. The fraction of sp³-hybridized carbons (Fsp3) is 1.00. The zero-order chi connectivity index (χ0) is 8.74. The largest absolute Gasteiger partial charge is 0.313 e. The number of hydrogen-bond acceptors (Lipinski definition) is 2. The lowest BCUT2D eigenvalue weighted by atomic mass is 9.99. The van der Waals surface area contributed by atoms with Crippen LogP contribution >= 0.6 is 0 Å². The van der Waals surface area contributed by atoms with Gasteiger partial charge < -0.3 is 11.5 Å². The maximum Gasteiger partial charge on any atom is 0.0636 e. The van der Waals surface area contributed by atoms with Crippen LogP contribution in [-0.4, -0.2) is 5.66 Å². The molecular formula is C9H22N2. The third-order valence-electron chi connectivity index (χ3n) is 1.96. The van der Waals surface area contributed by atoms with Gasteiger partial charge in [-0.1, -0.05) is 39.5 Å². The molecule has 0 aliphatic carbocycles. The molecule has 0 rings (SSSR count). The van der Waals surface area contributed by atoms with E-state index in [2.05, 4.69) is 13.8 Å². The molecule has 2 nitrogen and oxygen atoms in total. The molecular weight excluding hydrogens is 136 g/mol. The predicted molar refractivity (Wildman–Crippen MR) is 50.2 cm³/mol. The Balaban J connectivity index is 3.38. The SMILES string of the molecule is CCCCCC(N)(N)CCC. The molecule has 0 aliphatic heterocycles. The summed E-state index contributed by atoms with van der Waals surface area (Å²) >= 11 is 0. The average Bonchev–Trinajstić information content (AvgIpc) is 1.87. The number of rotatable bonds is 6. The van der Waals surface area contributed by atoms with Crippen molar-refractivity contribution in [2.75, 3.05) is 0 Å². The van der Waals surface area contributed by atoms with Crippen LogP contribution in [0.15, 0.2) is 0 Å². The lowest BCUT2D eigenvalue weighted by molar-refractivity contribution is 0.360. The van der Waals surface area contributed by atoms with Gasteiger partial charge in [0, 0.05) is 0 Å². The van der Waals surface area contributed by atoms with Crippen LogP contribution in [0, 0.1) is 0 Å². The highest BCUT2D eigenvalue weighted by molar-refractivity contribution is 4.75. The zero-order valence-corrected chi connectivity index (χ0v) is 7.90. The summed E-state index contributed by atoms with van der Waals surface area (Å²) in [6.07, 6.45) is 6.65. The van der Waals surface area contributed by atoms with E-state index in [1.54, 1.807) is 0 Å². The summed E-state index contributed by atoms with van der Waals surface area (Å²) in [4.78, 5) is 0. The van der Waals surface area contributed by atoms with E-state index >= 15 is 0 Å². The predicted octanol–water partition coefficient (Wildman–Crippen LogP) is 1.98. The van der Waals surface area contributed by atoms with Crippen LogP contribution in [0.25, 0.3) is 0 Å². The van der Waals surface area contributed by atoms with Gasteiger partial charge in [-0.15, -0.1) is 0 Å². The number of hydrogen-bond donors (Lipinski definition) is 2. The smallest absolute Gasteiger partial charge is 0.0636 e. The standard InChI is InChI=1S/C9H22N2/c1-3-5-6-8-9(10,11)7-4-2/h3-8,10-11H2,1-2H3. The van der Waals surface area contributed by atoms with Crippen molar-refractivity contribution >= 4 is 0 Å². The van der Waals surface area contributed by atoms with Crippen LogP contribution in [0.1, 0.15) is 52.4 Å². The van der Waals surface area contributed by atoms with Crippen molar-refractivity contribution in [3.63, 3.8) is 0 Å². The Bertz CT molecular complexity index is 89.6. The van der Waals surface area contributed by atoms with Crippen LogP contribution in [0.3, 0.4) is 0 Å². The molecule has 0 spiro atoms. The molecule has 0 aromatic heterocycles. The highest BCUT2D eigenvalue weighted by atomic mass is 14.9. The van der Waals surface area contributed by atoms with Gasteiger partial charge in [0.1, 0.15) is 0 Å². The van der Waals surface area contributed by atoms with Gasteiger partial charge in [0.2, 0.25) is 0 Å². The Morgan fingerprint density at radius 1 is 0.909 bits per heavy atom. The second kappa shape index (κ2) is 5.56. The fourth-order valence-corrected chi connectivity index (χ4v) is 1.29. The van der Waals surface area contributed by atoms with Crippen LogP contribution in [0.5, 0.6) is 0 Å². The molecule has 0 heterocycles. The van der Waals surface area contributed by atoms with Crippen molar-refractivity contribution in [1.82, 2.24) is 0 Å². The number of unbranched alkanes of at least 4 members (excludes halogenated alkanes) is 2. The van der Waals surface area contributed by atoms with Crippen LogP contribution in [0.2, 0.25) is 0 Å². The molecule has 0 amide bonds.